The summed E-state index contributed by atoms with van der Waals surface area (Å²) in [6.45, 7) is 5.28. The van der Waals surface area contributed by atoms with Crippen LogP contribution in [0.1, 0.15) is 42.9 Å². The topological polar surface area (TPSA) is 50.9 Å². The van der Waals surface area contributed by atoms with Gasteiger partial charge in [0, 0.05) is 17.0 Å². The zero-order chi connectivity index (χ0) is 18.3. The Balaban J connectivity index is 1.62. The lowest BCUT2D eigenvalue weighted by molar-refractivity contribution is 0.908. The fraction of sp³-hybridized carbons (Fsp3) is 0.318. The minimum Gasteiger partial charge on any atom is -0.396 e. The molecule has 0 bridgehead atoms. The van der Waals surface area contributed by atoms with Crippen LogP contribution in [0, 0.1) is 5.92 Å². The van der Waals surface area contributed by atoms with Crippen LogP contribution < -0.4 is 11.1 Å². The molecule has 3 nitrogen and oxygen atoms in total. The van der Waals surface area contributed by atoms with Crippen molar-refractivity contribution in [2.45, 2.75) is 39.2 Å². The molecule has 1 heterocycles. The first-order valence-electron chi connectivity index (χ1n) is 9.26. The molecule has 0 amide bonds. The molecule has 2 atom stereocenters. The number of fused-ring (bicyclic) bond motifs is 1. The summed E-state index contributed by atoms with van der Waals surface area (Å²) in [5.74, 6) is 1.58. The third-order valence-electron chi connectivity index (χ3n) is 5.46. The van der Waals surface area contributed by atoms with Gasteiger partial charge in [0.05, 0.1) is 23.1 Å². The van der Waals surface area contributed by atoms with E-state index in [9.17, 15) is 0 Å². The molecule has 3 aromatic rings. The maximum Gasteiger partial charge on any atom is 0.0743 e. The Bertz CT molecular complexity index is 962. The van der Waals surface area contributed by atoms with Crippen LogP contribution in [-0.4, -0.2) is 4.98 Å². The van der Waals surface area contributed by atoms with Crippen molar-refractivity contribution in [2.75, 3.05) is 11.1 Å². The van der Waals surface area contributed by atoms with Gasteiger partial charge < -0.3 is 11.1 Å². The Morgan fingerprint density at radius 1 is 1.19 bits per heavy atom. The number of aromatic nitrogens is 1. The highest BCUT2D eigenvalue weighted by Gasteiger charge is 2.34. The molecule has 1 fully saturated rings. The van der Waals surface area contributed by atoms with Gasteiger partial charge in [-0.2, -0.15) is 0 Å². The smallest absolute Gasteiger partial charge is 0.0743 e. The summed E-state index contributed by atoms with van der Waals surface area (Å²) in [4.78, 5) is 4.39. The highest BCUT2D eigenvalue weighted by Crippen LogP contribution is 2.47. The number of nitrogens with one attached hydrogen (secondary N) is 1. The van der Waals surface area contributed by atoms with E-state index in [1.807, 2.05) is 18.2 Å². The number of nitrogens with two attached hydrogens (primary N) is 1. The quantitative estimate of drug-likeness (QED) is 0.603. The predicted octanol–water partition coefficient (Wildman–Crippen LogP) is 5.77. The maximum absolute atomic E-state index is 6.19. The number of halogens is 1. The van der Waals surface area contributed by atoms with Crippen LogP contribution in [-0.2, 0) is 13.0 Å². The van der Waals surface area contributed by atoms with Gasteiger partial charge in [-0.25, -0.2) is 0 Å². The van der Waals surface area contributed by atoms with Gasteiger partial charge in [-0.3, -0.25) is 4.98 Å². The fourth-order valence-corrected chi connectivity index (χ4v) is 3.90. The van der Waals surface area contributed by atoms with E-state index in [2.05, 4.69) is 42.3 Å². The minimum atomic E-state index is 0.640. The molecule has 4 rings (SSSR count). The SMILES string of the molecule is CCc1cc(C2CC2C)ccc1CNc1c(N)cnc2ccc(Cl)cc12. The molecule has 1 aliphatic rings. The Kier molecular flexibility index (Phi) is 4.49. The number of hydrogen-bond donors (Lipinski definition) is 2. The van der Waals surface area contributed by atoms with E-state index in [4.69, 9.17) is 17.3 Å². The first-order valence-corrected chi connectivity index (χ1v) is 9.64. The summed E-state index contributed by atoms with van der Waals surface area (Å²) in [6, 6.07) is 12.6. The molecule has 0 spiro atoms. The summed E-state index contributed by atoms with van der Waals surface area (Å²) < 4.78 is 0. The van der Waals surface area contributed by atoms with Gasteiger partial charge in [-0.15, -0.1) is 0 Å². The second-order valence-corrected chi connectivity index (χ2v) is 7.74. The average molecular weight is 366 g/mol. The number of anilines is 2. The molecule has 134 valence electrons. The number of benzene rings is 2. The molecular formula is C22H24ClN3. The Hall–Kier alpha value is -2.26. The van der Waals surface area contributed by atoms with Crippen LogP contribution in [0.25, 0.3) is 10.9 Å². The van der Waals surface area contributed by atoms with Crippen LogP contribution in [0.3, 0.4) is 0 Å². The van der Waals surface area contributed by atoms with E-state index in [1.54, 1.807) is 6.20 Å². The molecular weight excluding hydrogens is 342 g/mol. The van der Waals surface area contributed by atoms with Crippen LogP contribution in [0.2, 0.25) is 5.02 Å². The molecule has 3 N–H and O–H groups in total. The number of rotatable bonds is 5. The summed E-state index contributed by atoms with van der Waals surface area (Å²) >= 11 is 6.18. The lowest BCUT2D eigenvalue weighted by Crippen LogP contribution is -2.06. The molecule has 2 aromatic carbocycles. The normalized spacial score (nSPS) is 18.9. The third kappa shape index (κ3) is 3.24. The van der Waals surface area contributed by atoms with Gasteiger partial charge in [0.1, 0.15) is 0 Å². The van der Waals surface area contributed by atoms with E-state index < -0.39 is 0 Å². The van der Waals surface area contributed by atoms with Gasteiger partial charge in [-0.05, 0) is 59.6 Å². The Morgan fingerprint density at radius 2 is 2.00 bits per heavy atom. The predicted molar refractivity (Wildman–Crippen MR) is 111 cm³/mol. The van der Waals surface area contributed by atoms with Crippen molar-refractivity contribution >= 4 is 33.9 Å². The molecule has 1 aromatic heterocycles. The summed E-state index contributed by atoms with van der Waals surface area (Å²) in [5, 5.41) is 5.17. The molecule has 0 radical (unpaired) electrons. The van der Waals surface area contributed by atoms with E-state index in [0.29, 0.717) is 10.7 Å². The number of nitrogens with zero attached hydrogens (tertiary/aromatic N) is 1. The first-order chi connectivity index (χ1) is 12.6. The second kappa shape index (κ2) is 6.81. The number of hydrogen-bond acceptors (Lipinski definition) is 3. The minimum absolute atomic E-state index is 0.640. The number of pyridine rings is 1. The molecule has 26 heavy (non-hydrogen) atoms. The Labute approximate surface area is 159 Å². The summed E-state index contributed by atoms with van der Waals surface area (Å²) in [6.07, 6.45) is 4.06. The second-order valence-electron chi connectivity index (χ2n) is 7.30. The average Bonchev–Trinajstić information content (AvgIpc) is 3.37. The zero-order valence-electron chi connectivity index (χ0n) is 15.2. The van der Waals surface area contributed by atoms with Crippen molar-refractivity contribution < 1.29 is 0 Å². The number of nitrogen functional groups attached to an aromatic ring is 1. The monoisotopic (exact) mass is 365 g/mol. The van der Waals surface area contributed by atoms with E-state index in [-0.39, 0.29) is 0 Å². The molecule has 4 heteroatoms. The van der Waals surface area contributed by atoms with Crippen LogP contribution >= 0.6 is 11.6 Å². The fourth-order valence-electron chi connectivity index (χ4n) is 3.73. The van der Waals surface area contributed by atoms with Crippen molar-refractivity contribution in [3.8, 4) is 0 Å². The lowest BCUT2D eigenvalue weighted by Gasteiger charge is -2.15. The van der Waals surface area contributed by atoms with Gasteiger partial charge in [0.2, 0.25) is 0 Å². The van der Waals surface area contributed by atoms with E-state index in [0.717, 1.165) is 41.4 Å². The lowest BCUT2D eigenvalue weighted by atomic mass is 9.99. The zero-order valence-corrected chi connectivity index (χ0v) is 16.0. The van der Waals surface area contributed by atoms with Gasteiger partial charge in [-0.1, -0.05) is 43.6 Å². The van der Waals surface area contributed by atoms with Crippen molar-refractivity contribution in [2.24, 2.45) is 5.92 Å². The van der Waals surface area contributed by atoms with Crippen molar-refractivity contribution in [1.82, 2.24) is 4.98 Å². The molecule has 0 aliphatic heterocycles. The third-order valence-corrected chi connectivity index (χ3v) is 5.70. The van der Waals surface area contributed by atoms with Crippen LogP contribution in [0.4, 0.5) is 11.4 Å². The molecule has 1 aliphatic carbocycles. The van der Waals surface area contributed by atoms with Gasteiger partial charge >= 0.3 is 0 Å². The summed E-state index contributed by atoms with van der Waals surface area (Å²) in [7, 11) is 0. The van der Waals surface area contributed by atoms with Crippen molar-refractivity contribution in [3.05, 3.63) is 64.3 Å². The molecule has 2 unspecified atom stereocenters. The largest absolute Gasteiger partial charge is 0.396 e. The number of aryl methyl sites for hydroxylation is 1. The maximum atomic E-state index is 6.19. The van der Waals surface area contributed by atoms with Crippen LogP contribution in [0.15, 0.2) is 42.6 Å². The van der Waals surface area contributed by atoms with E-state index in [1.165, 1.54) is 23.1 Å². The highest BCUT2D eigenvalue weighted by atomic mass is 35.5. The molecule has 1 saturated carbocycles. The standard InChI is InChI=1S/C22H24ClN3/c1-3-14-9-15(18-8-13(18)2)4-5-16(14)11-26-22-19-10-17(23)6-7-21(19)25-12-20(22)24/h4-7,9-10,12-13,18H,3,8,11,24H2,1-2H3,(H,25,26). The first kappa shape index (κ1) is 17.2. The van der Waals surface area contributed by atoms with Crippen LogP contribution in [0.5, 0.6) is 0 Å². The molecule has 0 saturated heterocycles. The summed E-state index contributed by atoms with van der Waals surface area (Å²) in [5.41, 5.74) is 12.8. The van der Waals surface area contributed by atoms with Crippen molar-refractivity contribution in [3.63, 3.8) is 0 Å². The Morgan fingerprint density at radius 3 is 2.73 bits per heavy atom. The van der Waals surface area contributed by atoms with Gasteiger partial charge in [0.25, 0.3) is 0 Å². The van der Waals surface area contributed by atoms with E-state index >= 15 is 0 Å². The van der Waals surface area contributed by atoms with Gasteiger partial charge in [0.15, 0.2) is 0 Å². The van der Waals surface area contributed by atoms with Crippen molar-refractivity contribution in [1.29, 1.82) is 0 Å². The highest BCUT2D eigenvalue weighted by molar-refractivity contribution is 6.31.